The molecule has 1 aliphatic rings. The van der Waals surface area contributed by atoms with Gasteiger partial charge in [-0.15, -0.1) is 0 Å². The molecule has 1 atom stereocenters. The van der Waals surface area contributed by atoms with E-state index in [0.29, 0.717) is 0 Å². The summed E-state index contributed by atoms with van der Waals surface area (Å²) in [5.74, 6) is 0. The topological polar surface area (TPSA) is 29.3 Å². The van der Waals surface area contributed by atoms with Gasteiger partial charge in [-0.3, -0.25) is 0 Å². The summed E-state index contributed by atoms with van der Waals surface area (Å²) < 4.78 is 0. The summed E-state index contributed by atoms with van der Waals surface area (Å²) >= 11 is 0. The van der Waals surface area contributed by atoms with Crippen LogP contribution in [0.4, 0.5) is 0 Å². The molecule has 2 N–H and O–H groups in total. The van der Waals surface area contributed by atoms with Gasteiger partial charge in [0.15, 0.2) is 0 Å². The fourth-order valence-electron chi connectivity index (χ4n) is 2.46. The zero-order chi connectivity index (χ0) is 12.0. The van der Waals surface area contributed by atoms with E-state index >= 15 is 0 Å². The lowest BCUT2D eigenvalue weighted by Crippen LogP contribution is -2.25. The van der Waals surface area contributed by atoms with Crippen molar-refractivity contribution < 1.29 is 0 Å². The molecule has 2 nitrogen and oxygen atoms in total. The smallest absolute Gasteiger partial charge is 0.0468 e. The van der Waals surface area contributed by atoms with Crippen molar-refractivity contribution in [1.82, 2.24) is 4.90 Å². The highest BCUT2D eigenvalue weighted by Gasteiger charge is 2.59. The van der Waals surface area contributed by atoms with Crippen LogP contribution in [0.3, 0.4) is 0 Å². The lowest BCUT2D eigenvalue weighted by Gasteiger charge is -2.17. The molecular weight excluding hydrogens is 196 g/mol. The van der Waals surface area contributed by atoms with Crippen LogP contribution in [0, 0.1) is 5.41 Å². The molecule has 0 saturated heterocycles. The first-order chi connectivity index (χ1) is 7.35. The minimum Gasteiger partial charge on any atom is -0.321 e. The van der Waals surface area contributed by atoms with Crippen LogP contribution in [0.15, 0.2) is 24.3 Å². The van der Waals surface area contributed by atoms with Crippen LogP contribution in [0.5, 0.6) is 0 Å². The molecule has 2 heteroatoms. The predicted molar refractivity (Wildman–Crippen MR) is 68.1 cm³/mol. The molecule has 1 saturated carbocycles. The molecule has 16 heavy (non-hydrogen) atoms. The number of rotatable bonds is 3. The van der Waals surface area contributed by atoms with Crippen molar-refractivity contribution >= 4 is 0 Å². The van der Waals surface area contributed by atoms with E-state index < -0.39 is 0 Å². The lowest BCUT2D eigenvalue weighted by molar-refractivity contribution is 0.402. The Bertz CT molecular complexity index is 395. The van der Waals surface area contributed by atoms with E-state index in [4.69, 9.17) is 5.73 Å². The van der Waals surface area contributed by atoms with Crippen molar-refractivity contribution in [2.75, 3.05) is 14.1 Å². The molecule has 2 rings (SSSR count). The molecule has 1 aliphatic carbocycles. The maximum absolute atomic E-state index is 6.43. The lowest BCUT2D eigenvalue weighted by atomic mass is 9.95. The number of hydrogen-bond acceptors (Lipinski definition) is 2. The van der Waals surface area contributed by atoms with E-state index in [1.165, 1.54) is 11.1 Å². The number of nitrogens with two attached hydrogens (primary N) is 1. The maximum atomic E-state index is 6.43. The monoisotopic (exact) mass is 218 g/mol. The summed E-state index contributed by atoms with van der Waals surface area (Å²) in [4.78, 5) is 2.18. The van der Waals surface area contributed by atoms with Crippen molar-refractivity contribution in [2.24, 2.45) is 11.1 Å². The Morgan fingerprint density at radius 3 is 2.44 bits per heavy atom. The second-order valence-electron chi connectivity index (χ2n) is 5.97. The van der Waals surface area contributed by atoms with E-state index in [2.05, 4.69) is 57.1 Å². The second-order valence-corrected chi connectivity index (χ2v) is 5.97. The quantitative estimate of drug-likeness (QED) is 0.843. The van der Waals surface area contributed by atoms with E-state index in [0.717, 1.165) is 13.0 Å². The van der Waals surface area contributed by atoms with E-state index in [9.17, 15) is 0 Å². The van der Waals surface area contributed by atoms with E-state index in [1.54, 1.807) is 0 Å². The van der Waals surface area contributed by atoms with Gasteiger partial charge in [0.1, 0.15) is 0 Å². The zero-order valence-electron chi connectivity index (χ0n) is 10.7. The minimum absolute atomic E-state index is 0.102. The molecule has 0 amide bonds. The van der Waals surface area contributed by atoms with Gasteiger partial charge in [0.2, 0.25) is 0 Å². The highest BCUT2D eigenvalue weighted by Crippen LogP contribution is 2.60. The molecule has 0 bridgehead atoms. The van der Waals surface area contributed by atoms with Crippen LogP contribution in [0.1, 0.15) is 31.4 Å². The largest absolute Gasteiger partial charge is 0.321 e. The third-order valence-electron chi connectivity index (χ3n) is 3.74. The Balaban J connectivity index is 2.24. The van der Waals surface area contributed by atoms with Crippen molar-refractivity contribution in [1.29, 1.82) is 0 Å². The van der Waals surface area contributed by atoms with Crippen molar-refractivity contribution in [3.63, 3.8) is 0 Å². The summed E-state index contributed by atoms with van der Waals surface area (Å²) in [7, 11) is 4.18. The Hall–Kier alpha value is -0.860. The fraction of sp³-hybridized carbons (Fsp3) is 0.571. The maximum Gasteiger partial charge on any atom is 0.0468 e. The molecule has 0 aliphatic heterocycles. The summed E-state index contributed by atoms with van der Waals surface area (Å²) in [6.07, 6.45) is 1.09. The molecule has 1 fully saturated rings. The normalized spacial score (nSPS) is 27.1. The SMILES string of the molecule is CN(C)Cc1cccc(C2(N)CC2(C)C)c1. The summed E-state index contributed by atoms with van der Waals surface area (Å²) in [6.45, 7) is 5.46. The van der Waals surface area contributed by atoms with E-state index in [-0.39, 0.29) is 11.0 Å². The van der Waals surface area contributed by atoms with Crippen LogP contribution in [0.2, 0.25) is 0 Å². The molecule has 88 valence electrons. The molecule has 1 unspecified atom stereocenters. The summed E-state index contributed by atoms with van der Waals surface area (Å²) in [6, 6.07) is 8.71. The Morgan fingerprint density at radius 2 is 1.94 bits per heavy atom. The average Bonchev–Trinajstić information content (AvgIpc) is 2.67. The van der Waals surface area contributed by atoms with Gasteiger partial charge in [0.25, 0.3) is 0 Å². The van der Waals surface area contributed by atoms with Crippen molar-refractivity contribution in [3.05, 3.63) is 35.4 Å². The standard InChI is InChI=1S/C14H22N2/c1-13(2)10-14(13,15)12-7-5-6-11(8-12)9-16(3)4/h5-8H,9-10,15H2,1-4H3. The number of benzene rings is 1. The first kappa shape index (κ1) is 11.6. The van der Waals surface area contributed by atoms with Gasteiger partial charge in [0, 0.05) is 12.1 Å². The van der Waals surface area contributed by atoms with Crippen LogP contribution in [-0.2, 0) is 12.1 Å². The van der Waals surface area contributed by atoms with Crippen molar-refractivity contribution in [3.8, 4) is 0 Å². The Kier molecular flexibility index (Phi) is 2.59. The number of hydrogen-bond donors (Lipinski definition) is 1. The molecule has 1 aromatic rings. The highest BCUT2D eigenvalue weighted by atomic mass is 15.0. The van der Waals surface area contributed by atoms with Gasteiger partial charge >= 0.3 is 0 Å². The van der Waals surface area contributed by atoms with Gasteiger partial charge in [-0.25, -0.2) is 0 Å². The molecule has 0 radical (unpaired) electrons. The van der Waals surface area contributed by atoms with Crippen LogP contribution in [0.25, 0.3) is 0 Å². The van der Waals surface area contributed by atoms with Gasteiger partial charge in [-0.05, 0) is 37.1 Å². The molecular formula is C14H22N2. The van der Waals surface area contributed by atoms with Gasteiger partial charge in [0.05, 0.1) is 0 Å². The van der Waals surface area contributed by atoms with E-state index in [1.807, 2.05) is 0 Å². The predicted octanol–water partition coefficient (Wildman–Crippen LogP) is 2.33. The first-order valence-electron chi connectivity index (χ1n) is 5.88. The van der Waals surface area contributed by atoms with Crippen LogP contribution < -0.4 is 5.73 Å². The second kappa shape index (κ2) is 3.57. The third kappa shape index (κ3) is 1.87. The Labute approximate surface area is 98.4 Å². The minimum atomic E-state index is -0.102. The fourth-order valence-corrected chi connectivity index (χ4v) is 2.46. The first-order valence-corrected chi connectivity index (χ1v) is 5.88. The van der Waals surface area contributed by atoms with Gasteiger partial charge < -0.3 is 10.6 Å². The zero-order valence-corrected chi connectivity index (χ0v) is 10.7. The Morgan fingerprint density at radius 1 is 1.31 bits per heavy atom. The van der Waals surface area contributed by atoms with Crippen LogP contribution >= 0.6 is 0 Å². The summed E-state index contributed by atoms with van der Waals surface area (Å²) in [5.41, 5.74) is 9.21. The molecule has 0 heterocycles. The number of nitrogens with zero attached hydrogens (tertiary/aromatic N) is 1. The van der Waals surface area contributed by atoms with Gasteiger partial charge in [-0.2, -0.15) is 0 Å². The van der Waals surface area contributed by atoms with Crippen molar-refractivity contribution in [2.45, 2.75) is 32.4 Å². The molecule has 0 aromatic heterocycles. The van der Waals surface area contributed by atoms with Gasteiger partial charge in [-0.1, -0.05) is 38.1 Å². The average molecular weight is 218 g/mol. The van der Waals surface area contributed by atoms with Crippen LogP contribution in [-0.4, -0.2) is 19.0 Å². The summed E-state index contributed by atoms with van der Waals surface area (Å²) in [5, 5.41) is 0. The highest BCUT2D eigenvalue weighted by molar-refractivity contribution is 5.37. The molecule has 0 spiro atoms. The molecule has 1 aromatic carbocycles. The third-order valence-corrected chi connectivity index (χ3v) is 3.74.